The molecule has 0 spiro atoms. The summed E-state index contributed by atoms with van der Waals surface area (Å²) in [7, 11) is 0. The van der Waals surface area contributed by atoms with Crippen LogP contribution < -0.4 is 4.40 Å². The van der Waals surface area contributed by atoms with E-state index in [1.165, 1.54) is 4.40 Å². The second-order valence-electron chi connectivity index (χ2n) is 12.6. The number of pyridine rings is 3. The molecule has 0 saturated carbocycles. The van der Waals surface area contributed by atoms with E-state index in [0.29, 0.717) is 5.71 Å². The summed E-state index contributed by atoms with van der Waals surface area (Å²) in [5.74, 6) is 7.98. The normalized spacial score (nSPS) is 11.5. The smallest absolute Gasteiger partial charge is 0 e. The van der Waals surface area contributed by atoms with Crippen molar-refractivity contribution in [2.75, 3.05) is 0 Å². The number of hydrogen-bond donors (Lipinski definition) is 0. The zero-order chi connectivity index (χ0) is 32.0. The van der Waals surface area contributed by atoms with Crippen LogP contribution in [0.2, 0.25) is 17.3 Å². The van der Waals surface area contributed by atoms with Gasteiger partial charge in [-0.05, 0) is 45.0 Å². The molecule has 0 bridgehead atoms. The summed E-state index contributed by atoms with van der Waals surface area (Å²) < 4.78 is 9.86. The molecule has 8 aromatic rings. The topological polar surface area (TPSA) is 69.6 Å². The van der Waals surface area contributed by atoms with Gasteiger partial charge in [-0.3, -0.25) is 9.97 Å². The molecule has 0 amide bonds. The van der Waals surface area contributed by atoms with Crippen LogP contribution in [0.3, 0.4) is 0 Å². The van der Waals surface area contributed by atoms with Crippen molar-refractivity contribution < 1.29 is 24.5 Å². The molecule has 5 aromatic heterocycles. The van der Waals surface area contributed by atoms with E-state index in [2.05, 4.69) is 87.3 Å². The molecule has 1 radical (unpaired) electrons. The molecule has 47 heavy (non-hydrogen) atoms. The van der Waals surface area contributed by atoms with Gasteiger partial charge in [0.25, 0.3) is 0 Å². The van der Waals surface area contributed by atoms with Gasteiger partial charge in [-0.15, -0.1) is 18.2 Å². The first-order chi connectivity index (χ1) is 22.2. The predicted molar refractivity (Wildman–Crippen MR) is 191 cm³/mol. The van der Waals surface area contributed by atoms with Gasteiger partial charge in [0, 0.05) is 48.8 Å². The van der Waals surface area contributed by atoms with Crippen molar-refractivity contribution in [1.82, 2.24) is 24.5 Å². The quantitative estimate of drug-likeness (QED) is 0.131. The van der Waals surface area contributed by atoms with E-state index in [9.17, 15) is 0 Å². The van der Waals surface area contributed by atoms with Gasteiger partial charge in [0.15, 0.2) is 0 Å². The van der Waals surface area contributed by atoms with Crippen LogP contribution in [-0.2, 0) is 26.7 Å². The maximum atomic E-state index is 6.21. The monoisotopic (exact) mass is 856 g/mol. The van der Waals surface area contributed by atoms with Crippen LogP contribution in [0.4, 0.5) is 0 Å². The molecule has 0 atom stereocenters. The van der Waals surface area contributed by atoms with E-state index in [0.717, 1.165) is 78.9 Å². The van der Waals surface area contributed by atoms with Crippen LogP contribution >= 0.6 is 0 Å². The van der Waals surface area contributed by atoms with Gasteiger partial charge in [0.1, 0.15) is 0 Å². The first-order valence-electron chi connectivity index (χ1n) is 15.6. The third-order valence-electron chi connectivity index (χ3n) is 8.30. The molecule has 0 N–H and O–H groups in total. The van der Waals surface area contributed by atoms with Gasteiger partial charge in [0.2, 0.25) is 5.71 Å². The van der Waals surface area contributed by atoms with E-state index < -0.39 is 13.3 Å². The van der Waals surface area contributed by atoms with Gasteiger partial charge in [-0.2, -0.15) is 0 Å². The van der Waals surface area contributed by atoms with Crippen LogP contribution in [0.15, 0.2) is 95.5 Å². The van der Waals surface area contributed by atoms with Gasteiger partial charge < -0.3 is 8.98 Å². The van der Waals surface area contributed by atoms with Crippen LogP contribution in [0.5, 0.6) is 0 Å². The van der Waals surface area contributed by atoms with Gasteiger partial charge in [-0.25, -0.2) is 4.98 Å². The molecule has 0 fully saturated rings. The molecule has 3 aromatic carbocycles. The minimum atomic E-state index is -1.72. The Labute approximate surface area is 291 Å². The molecule has 8 rings (SSSR count). The third kappa shape index (κ3) is 6.28. The second kappa shape index (κ2) is 13.1. The van der Waals surface area contributed by atoms with E-state index in [4.69, 9.17) is 14.4 Å². The fourth-order valence-corrected chi connectivity index (χ4v) is 8.00. The average molecular weight is 855 g/mol. The summed E-state index contributed by atoms with van der Waals surface area (Å²) in [5.41, 5.74) is 9.21. The van der Waals surface area contributed by atoms with Crippen LogP contribution in [-0.4, -0.2) is 37.8 Å². The summed E-state index contributed by atoms with van der Waals surface area (Å²) in [6.45, 7) is 6.88. The first kappa shape index (κ1) is 32.8. The number of nitrogens with zero attached hydrogens (tertiary/aromatic N) is 5. The molecule has 8 heteroatoms. The number of benzene rings is 3. The number of fused-ring (bicyclic) bond motifs is 6. The standard InChI is InChI=1S/C25H19N4O.C14H16GeN.Ir/c1-4-29-22-20(13-11-16-10-8-14(2)26-21(16)22)28-24(29)19-7-5-6-17-18-12-9-15(3)27-25(18)30-23(17)19;1-15(2,3)13-9-10-14(16-11-13)12-7-5-4-6-8-12;/h5-6,8-13H,4H2,1-3H3;4-7,9-11H,1-3H3;/q2*-1;. The molecule has 6 nitrogen and oxygen atoms in total. The van der Waals surface area contributed by atoms with Crippen LogP contribution in [0.1, 0.15) is 18.3 Å². The second-order valence-corrected chi connectivity index (χ2v) is 23.3. The molecule has 0 aliphatic rings. The maximum Gasteiger partial charge on any atom is 0 e. The summed E-state index contributed by atoms with van der Waals surface area (Å²) in [6, 6.07) is 35.2. The molecule has 5 heterocycles. The minimum Gasteiger partial charge on any atom is 0 e. The van der Waals surface area contributed by atoms with Gasteiger partial charge >= 0.3 is 99.8 Å². The predicted octanol–water partition coefficient (Wildman–Crippen LogP) is 9.07. The summed E-state index contributed by atoms with van der Waals surface area (Å²) in [6.07, 6.45) is 2.04. The van der Waals surface area contributed by atoms with E-state index in [1.54, 1.807) is 0 Å². The summed E-state index contributed by atoms with van der Waals surface area (Å²) in [5, 5.41) is 3.15. The van der Waals surface area contributed by atoms with Gasteiger partial charge in [-0.1, -0.05) is 23.1 Å². The number of aryl methyl sites for hydroxylation is 3. The number of rotatable bonds is 4. The number of imidazole rings is 1. The van der Waals surface area contributed by atoms with Crippen molar-refractivity contribution in [2.45, 2.75) is 44.6 Å². The molecule has 0 aliphatic carbocycles. The van der Waals surface area contributed by atoms with Crippen LogP contribution in [0.25, 0.3) is 66.7 Å². The molecule has 237 valence electrons. The van der Waals surface area contributed by atoms with Crippen molar-refractivity contribution in [2.24, 2.45) is 0 Å². The number of furan rings is 1. The van der Waals surface area contributed by atoms with E-state index in [1.807, 2.05) is 68.6 Å². The molecular formula is C39H35GeIrN5O-2. The van der Waals surface area contributed by atoms with Crippen molar-refractivity contribution in [3.05, 3.63) is 115 Å². The Morgan fingerprint density at radius 2 is 1.57 bits per heavy atom. The Morgan fingerprint density at radius 3 is 2.30 bits per heavy atom. The van der Waals surface area contributed by atoms with Crippen molar-refractivity contribution in [3.63, 3.8) is 0 Å². The largest absolute Gasteiger partial charge is 0 e. The van der Waals surface area contributed by atoms with Crippen molar-refractivity contribution in [1.29, 1.82) is 0 Å². The Morgan fingerprint density at radius 1 is 0.787 bits per heavy atom. The van der Waals surface area contributed by atoms with E-state index >= 15 is 0 Å². The molecular weight excluding hydrogens is 819 g/mol. The number of aromatic nitrogens is 5. The van der Waals surface area contributed by atoms with E-state index in [-0.39, 0.29) is 20.1 Å². The Kier molecular flexibility index (Phi) is 9.16. The Hall–Kier alpha value is -4.17. The Bertz CT molecular complexity index is 2360. The van der Waals surface area contributed by atoms with Crippen molar-refractivity contribution >= 4 is 61.7 Å². The molecule has 0 unspecified atom stereocenters. The number of hydrogen-bond acceptors (Lipinski definition) is 5. The van der Waals surface area contributed by atoms with Crippen molar-refractivity contribution in [3.8, 4) is 22.6 Å². The Balaban J connectivity index is 0.000000194. The van der Waals surface area contributed by atoms with Crippen LogP contribution in [0, 0.1) is 26.0 Å². The molecule has 0 aliphatic heterocycles. The van der Waals surface area contributed by atoms with Gasteiger partial charge in [0.05, 0.1) is 28.0 Å². The third-order valence-corrected chi connectivity index (χ3v) is 12.6. The zero-order valence-electron chi connectivity index (χ0n) is 27.3. The first-order valence-corrected chi connectivity index (χ1v) is 23.0. The fourth-order valence-electron chi connectivity index (χ4n) is 5.83. The molecule has 0 saturated heterocycles. The zero-order valence-corrected chi connectivity index (χ0v) is 31.8. The average Bonchev–Trinajstić information content (AvgIpc) is 3.63. The fraction of sp³-hybridized carbons (Fsp3) is 0.179. The minimum absolute atomic E-state index is 0. The summed E-state index contributed by atoms with van der Waals surface area (Å²) in [4.78, 5) is 18.9. The maximum absolute atomic E-state index is 6.21. The summed E-state index contributed by atoms with van der Waals surface area (Å²) >= 11 is -1.72. The SMILES string of the molecule is CCn1c(-c2[c-]ccc3c2oc2nc(C)ccc23)nc2ccc3ccc(C)nc3c21.[CH3][Ge]([CH3])([CH3])[c]1ccc(-c2[c-]cccc2)nc1.[Ir].